The van der Waals surface area contributed by atoms with Crippen LogP contribution in [-0.2, 0) is 0 Å². The van der Waals surface area contributed by atoms with E-state index in [2.05, 4.69) is 48.5 Å². The third-order valence-electron chi connectivity index (χ3n) is 4.47. The van der Waals surface area contributed by atoms with E-state index in [-0.39, 0.29) is 0 Å². The van der Waals surface area contributed by atoms with Gasteiger partial charge in [0.05, 0.1) is 0 Å². The lowest BCUT2D eigenvalue weighted by Gasteiger charge is -2.45. The smallest absolute Gasteiger partial charge is 0.0277 e. The maximum Gasteiger partial charge on any atom is -0.0277 e. The quantitative estimate of drug-likeness (QED) is 0.583. The van der Waals surface area contributed by atoms with Crippen LogP contribution in [-0.4, -0.2) is 0 Å². The molecule has 0 aliphatic rings. The molecule has 0 heterocycles. The highest BCUT2D eigenvalue weighted by Crippen LogP contribution is 2.47. The van der Waals surface area contributed by atoms with Crippen molar-refractivity contribution in [3.8, 4) is 0 Å². The van der Waals surface area contributed by atoms with Crippen LogP contribution in [0.1, 0.15) is 61.3 Å². The van der Waals surface area contributed by atoms with Crippen LogP contribution < -0.4 is 0 Å². The molecule has 0 aliphatic carbocycles. The van der Waals surface area contributed by atoms with Crippen molar-refractivity contribution in [1.29, 1.82) is 0 Å². The highest BCUT2D eigenvalue weighted by atomic mass is 14.4. The monoisotopic (exact) mass is 170 g/mol. The number of hydrogen-bond acceptors (Lipinski definition) is 0. The first-order valence-corrected chi connectivity index (χ1v) is 5.29. The molecule has 0 fully saturated rings. The van der Waals surface area contributed by atoms with E-state index < -0.39 is 0 Å². The molecule has 0 spiro atoms. The fourth-order valence-electron chi connectivity index (χ4n) is 1.63. The summed E-state index contributed by atoms with van der Waals surface area (Å²) < 4.78 is 0. The summed E-state index contributed by atoms with van der Waals surface area (Å²) in [4.78, 5) is 0. The highest BCUT2D eigenvalue weighted by molar-refractivity contribution is 4.88. The van der Waals surface area contributed by atoms with Gasteiger partial charge in [-0.1, -0.05) is 61.3 Å². The lowest BCUT2D eigenvalue weighted by atomic mass is 9.60. The van der Waals surface area contributed by atoms with E-state index in [1.807, 2.05) is 0 Å². The maximum atomic E-state index is 2.41. The highest BCUT2D eigenvalue weighted by Gasteiger charge is 2.38. The van der Waals surface area contributed by atoms with Crippen molar-refractivity contribution < 1.29 is 0 Å². The average molecular weight is 170 g/mol. The standard InChI is InChI=1S/C12H26/c1-8-10(3)12(6,7)11(4,5)9-2/h10H,8-9H2,1-7H3. The molecule has 0 N–H and O–H groups in total. The van der Waals surface area contributed by atoms with Crippen LogP contribution in [0.4, 0.5) is 0 Å². The molecule has 0 saturated carbocycles. The second-order valence-electron chi connectivity index (χ2n) is 5.27. The molecule has 0 amide bonds. The Balaban J connectivity index is 4.58. The Bertz CT molecular complexity index is 131. The van der Waals surface area contributed by atoms with Gasteiger partial charge in [-0.15, -0.1) is 0 Å². The topological polar surface area (TPSA) is 0 Å². The molecule has 0 rings (SSSR count). The Morgan fingerprint density at radius 3 is 1.67 bits per heavy atom. The van der Waals surface area contributed by atoms with E-state index in [0.717, 1.165) is 5.92 Å². The molecule has 0 nitrogen and oxygen atoms in total. The van der Waals surface area contributed by atoms with Gasteiger partial charge in [-0.2, -0.15) is 0 Å². The van der Waals surface area contributed by atoms with Gasteiger partial charge in [-0.25, -0.2) is 0 Å². The van der Waals surface area contributed by atoms with E-state index in [4.69, 9.17) is 0 Å². The Morgan fingerprint density at radius 2 is 1.42 bits per heavy atom. The van der Waals surface area contributed by atoms with Crippen LogP contribution in [0.2, 0.25) is 0 Å². The van der Waals surface area contributed by atoms with Gasteiger partial charge < -0.3 is 0 Å². The average Bonchev–Trinajstić information content (AvgIpc) is 2.02. The Labute approximate surface area is 78.8 Å². The first-order valence-electron chi connectivity index (χ1n) is 5.29. The van der Waals surface area contributed by atoms with E-state index >= 15 is 0 Å². The predicted molar refractivity (Wildman–Crippen MR) is 57.3 cm³/mol. The van der Waals surface area contributed by atoms with Crippen LogP contribution in [0, 0.1) is 16.7 Å². The fourth-order valence-corrected chi connectivity index (χ4v) is 1.63. The summed E-state index contributed by atoms with van der Waals surface area (Å²) in [5, 5.41) is 0. The second kappa shape index (κ2) is 3.81. The molecule has 0 saturated heterocycles. The molecule has 0 aliphatic heterocycles. The van der Waals surface area contributed by atoms with Gasteiger partial charge in [0.1, 0.15) is 0 Å². The summed E-state index contributed by atoms with van der Waals surface area (Å²) in [5.74, 6) is 0.812. The first-order chi connectivity index (χ1) is 5.29. The molecule has 0 heteroatoms. The van der Waals surface area contributed by atoms with Crippen LogP contribution in [0.5, 0.6) is 0 Å². The van der Waals surface area contributed by atoms with Crippen molar-refractivity contribution in [2.24, 2.45) is 16.7 Å². The van der Waals surface area contributed by atoms with E-state index in [1.54, 1.807) is 0 Å². The van der Waals surface area contributed by atoms with Crippen molar-refractivity contribution >= 4 is 0 Å². The summed E-state index contributed by atoms with van der Waals surface area (Å²) in [6, 6.07) is 0. The van der Waals surface area contributed by atoms with Crippen molar-refractivity contribution in [1.82, 2.24) is 0 Å². The Kier molecular flexibility index (Phi) is 3.81. The summed E-state index contributed by atoms with van der Waals surface area (Å²) in [5.41, 5.74) is 0.916. The lowest BCUT2D eigenvalue weighted by Crippen LogP contribution is -2.37. The minimum atomic E-state index is 0.455. The normalized spacial score (nSPS) is 16.2. The number of rotatable bonds is 4. The third kappa shape index (κ3) is 2.02. The molecule has 1 atom stereocenters. The van der Waals surface area contributed by atoms with Crippen LogP contribution in [0.3, 0.4) is 0 Å². The molecule has 0 aromatic heterocycles. The summed E-state index contributed by atoms with van der Waals surface area (Å²) in [7, 11) is 0. The third-order valence-corrected chi connectivity index (χ3v) is 4.47. The van der Waals surface area contributed by atoms with Crippen molar-refractivity contribution in [2.75, 3.05) is 0 Å². The zero-order valence-corrected chi connectivity index (χ0v) is 9.99. The lowest BCUT2D eigenvalue weighted by molar-refractivity contribution is 0.0418. The van der Waals surface area contributed by atoms with Gasteiger partial charge >= 0.3 is 0 Å². The van der Waals surface area contributed by atoms with Crippen LogP contribution in [0.15, 0.2) is 0 Å². The van der Waals surface area contributed by atoms with Crippen LogP contribution in [0.25, 0.3) is 0 Å². The fraction of sp³-hybridized carbons (Fsp3) is 1.00. The van der Waals surface area contributed by atoms with Crippen molar-refractivity contribution in [3.63, 3.8) is 0 Å². The van der Waals surface area contributed by atoms with Gasteiger partial charge in [0.15, 0.2) is 0 Å². The molecule has 12 heavy (non-hydrogen) atoms. The predicted octanol–water partition coefficient (Wildman–Crippen LogP) is 4.49. The molecule has 1 unspecified atom stereocenters. The van der Waals surface area contributed by atoms with Gasteiger partial charge in [-0.05, 0) is 16.7 Å². The Hall–Kier alpha value is 0. The van der Waals surface area contributed by atoms with E-state index in [1.165, 1.54) is 12.8 Å². The molecule has 0 aromatic rings. The van der Waals surface area contributed by atoms with E-state index in [9.17, 15) is 0 Å². The molecular formula is C12H26. The van der Waals surface area contributed by atoms with Crippen molar-refractivity contribution in [2.45, 2.75) is 61.3 Å². The SMILES string of the molecule is CCC(C)C(C)(C)C(C)(C)CC. The molecular weight excluding hydrogens is 144 g/mol. The molecule has 0 radical (unpaired) electrons. The summed E-state index contributed by atoms with van der Waals surface area (Å²) in [6.45, 7) is 16.5. The van der Waals surface area contributed by atoms with Crippen molar-refractivity contribution in [3.05, 3.63) is 0 Å². The Morgan fingerprint density at radius 1 is 1.00 bits per heavy atom. The van der Waals surface area contributed by atoms with Crippen LogP contribution >= 0.6 is 0 Å². The zero-order valence-electron chi connectivity index (χ0n) is 9.99. The van der Waals surface area contributed by atoms with Gasteiger partial charge in [-0.3, -0.25) is 0 Å². The summed E-state index contributed by atoms with van der Waals surface area (Å²) in [6.07, 6.45) is 2.56. The minimum absolute atomic E-state index is 0.455. The zero-order chi connectivity index (χ0) is 9.99. The molecule has 0 bridgehead atoms. The van der Waals surface area contributed by atoms with Gasteiger partial charge in [0.25, 0.3) is 0 Å². The maximum absolute atomic E-state index is 2.41. The summed E-state index contributed by atoms with van der Waals surface area (Å²) >= 11 is 0. The van der Waals surface area contributed by atoms with Gasteiger partial charge in [0, 0.05) is 0 Å². The minimum Gasteiger partial charge on any atom is -0.0651 e. The van der Waals surface area contributed by atoms with Gasteiger partial charge in [0.2, 0.25) is 0 Å². The number of hydrogen-bond donors (Lipinski definition) is 0. The molecule has 0 aromatic carbocycles. The van der Waals surface area contributed by atoms with E-state index in [0.29, 0.717) is 10.8 Å². The largest absolute Gasteiger partial charge is 0.0651 e. The first kappa shape index (κ1) is 12.0. The molecule has 74 valence electrons. The second-order valence-corrected chi connectivity index (χ2v) is 5.27.